The van der Waals surface area contributed by atoms with Crippen LogP contribution < -0.4 is 4.74 Å². The highest BCUT2D eigenvalue weighted by atomic mass is 79.9. The maximum absolute atomic E-state index is 9.92. The molecule has 0 radical (unpaired) electrons. The number of fused-ring (bicyclic) bond motifs is 1. The van der Waals surface area contributed by atoms with Crippen molar-refractivity contribution in [3.63, 3.8) is 0 Å². The fraction of sp³-hybridized carbons (Fsp3) is 0.150. The Morgan fingerprint density at radius 3 is 2.64 bits per heavy atom. The minimum absolute atomic E-state index is 0.634. The number of hydrogen-bond donors (Lipinski definition) is 0. The molecule has 0 amide bonds. The van der Waals surface area contributed by atoms with Gasteiger partial charge in [-0.15, -0.1) is 11.8 Å². The van der Waals surface area contributed by atoms with Gasteiger partial charge in [-0.05, 0) is 30.5 Å². The molecule has 5 heteroatoms. The van der Waals surface area contributed by atoms with Crippen molar-refractivity contribution in [2.45, 2.75) is 0 Å². The standard InChI is InChI=1S/C20H17BrN2OS/c1-23-12-17(14-6-4-5-7-19(14)23)20(25-3)16(11-22)15-10-13(24-2)8-9-18(15)21/h4-10,12H,1-3H3/b20-16+. The van der Waals surface area contributed by atoms with Gasteiger partial charge in [0.25, 0.3) is 0 Å². The number of allylic oxidation sites excluding steroid dienone is 1. The molecule has 1 heterocycles. The van der Waals surface area contributed by atoms with Crippen molar-refractivity contribution in [1.82, 2.24) is 4.57 Å². The van der Waals surface area contributed by atoms with E-state index in [0.29, 0.717) is 5.57 Å². The molecule has 0 saturated heterocycles. The minimum atomic E-state index is 0.634. The number of methoxy groups -OCH3 is 1. The predicted molar refractivity (Wildman–Crippen MR) is 110 cm³/mol. The summed E-state index contributed by atoms with van der Waals surface area (Å²) in [5.74, 6) is 0.726. The number of nitriles is 1. The molecular formula is C20H17BrN2OS. The summed E-state index contributed by atoms with van der Waals surface area (Å²) >= 11 is 5.15. The van der Waals surface area contributed by atoms with E-state index in [1.54, 1.807) is 18.9 Å². The Morgan fingerprint density at radius 1 is 1.20 bits per heavy atom. The Labute approximate surface area is 160 Å². The first kappa shape index (κ1) is 17.7. The van der Waals surface area contributed by atoms with Crippen LogP contribution in [0.3, 0.4) is 0 Å². The maximum Gasteiger partial charge on any atom is 0.119 e. The van der Waals surface area contributed by atoms with Gasteiger partial charge in [-0.3, -0.25) is 0 Å². The molecule has 2 aromatic carbocycles. The molecule has 0 spiro atoms. The van der Waals surface area contributed by atoms with E-state index in [-0.39, 0.29) is 0 Å². The topological polar surface area (TPSA) is 37.9 Å². The molecule has 0 saturated carbocycles. The van der Waals surface area contributed by atoms with Crippen LogP contribution in [0.2, 0.25) is 0 Å². The zero-order valence-corrected chi connectivity index (χ0v) is 16.6. The Hall–Kier alpha value is -2.16. The van der Waals surface area contributed by atoms with Gasteiger partial charge in [0.1, 0.15) is 11.8 Å². The van der Waals surface area contributed by atoms with Gasteiger partial charge in [-0.1, -0.05) is 34.1 Å². The van der Waals surface area contributed by atoms with E-state index in [0.717, 1.165) is 37.2 Å². The number of aryl methyl sites for hydroxylation is 1. The smallest absolute Gasteiger partial charge is 0.119 e. The number of benzene rings is 2. The average Bonchev–Trinajstić information content (AvgIpc) is 2.97. The van der Waals surface area contributed by atoms with Gasteiger partial charge < -0.3 is 9.30 Å². The Bertz CT molecular complexity index is 1010. The van der Waals surface area contributed by atoms with Crippen LogP contribution in [0, 0.1) is 11.3 Å². The molecule has 0 atom stereocenters. The second-order valence-electron chi connectivity index (χ2n) is 5.54. The molecule has 0 bridgehead atoms. The third-order valence-corrected chi connectivity index (χ3v) is 5.65. The van der Waals surface area contributed by atoms with Gasteiger partial charge in [0.15, 0.2) is 0 Å². The minimum Gasteiger partial charge on any atom is -0.497 e. The molecule has 3 aromatic rings. The van der Waals surface area contributed by atoms with Gasteiger partial charge >= 0.3 is 0 Å². The van der Waals surface area contributed by atoms with Gasteiger partial charge in [0, 0.05) is 44.7 Å². The molecule has 0 fully saturated rings. The maximum atomic E-state index is 9.92. The third kappa shape index (κ3) is 3.20. The Kier molecular flexibility index (Phi) is 5.22. The zero-order chi connectivity index (χ0) is 18.0. The van der Waals surface area contributed by atoms with Crippen molar-refractivity contribution in [2.24, 2.45) is 7.05 Å². The van der Waals surface area contributed by atoms with E-state index >= 15 is 0 Å². The number of hydrogen-bond acceptors (Lipinski definition) is 3. The van der Waals surface area contributed by atoms with E-state index in [1.807, 2.05) is 43.6 Å². The predicted octanol–water partition coefficient (Wildman–Crippen LogP) is 5.70. The summed E-state index contributed by atoms with van der Waals surface area (Å²) in [6, 6.07) is 16.3. The number of thioether (sulfide) groups is 1. The van der Waals surface area contributed by atoms with Crippen molar-refractivity contribution >= 4 is 49.1 Å². The van der Waals surface area contributed by atoms with Gasteiger partial charge in [-0.2, -0.15) is 5.26 Å². The van der Waals surface area contributed by atoms with E-state index in [4.69, 9.17) is 4.74 Å². The average molecular weight is 413 g/mol. The highest BCUT2D eigenvalue weighted by Crippen LogP contribution is 2.40. The third-order valence-electron chi connectivity index (χ3n) is 4.13. The quantitative estimate of drug-likeness (QED) is 0.515. The van der Waals surface area contributed by atoms with Crippen molar-refractivity contribution in [3.05, 3.63) is 64.3 Å². The Morgan fingerprint density at radius 2 is 1.96 bits per heavy atom. The lowest BCUT2D eigenvalue weighted by Crippen LogP contribution is -1.91. The summed E-state index contributed by atoms with van der Waals surface area (Å²) in [7, 11) is 3.65. The number of halogens is 1. The summed E-state index contributed by atoms with van der Waals surface area (Å²) in [6.45, 7) is 0. The van der Waals surface area contributed by atoms with Gasteiger partial charge in [-0.25, -0.2) is 0 Å². The molecule has 126 valence electrons. The van der Waals surface area contributed by atoms with Crippen molar-refractivity contribution in [3.8, 4) is 11.8 Å². The summed E-state index contributed by atoms with van der Waals surface area (Å²) in [4.78, 5) is 0.952. The molecule has 3 rings (SSSR count). The van der Waals surface area contributed by atoms with Crippen LogP contribution in [0.15, 0.2) is 53.1 Å². The van der Waals surface area contributed by atoms with E-state index < -0.39 is 0 Å². The second kappa shape index (κ2) is 7.38. The van der Waals surface area contributed by atoms with Crippen molar-refractivity contribution in [2.75, 3.05) is 13.4 Å². The normalized spacial score (nSPS) is 12.0. The molecule has 0 N–H and O–H groups in total. The van der Waals surface area contributed by atoms with E-state index in [9.17, 15) is 5.26 Å². The number of rotatable bonds is 4. The van der Waals surface area contributed by atoms with Crippen LogP contribution in [0.1, 0.15) is 11.1 Å². The van der Waals surface area contributed by atoms with E-state index in [1.165, 1.54) is 0 Å². The van der Waals surface area contributed by atoms with Gasteiger partial charge in [0.05, 0.1) is 12.7 Å². The lowest BCUT2D eigenvalue weighted by Gasteiger charge is -2.11. The zero-order valence-electron chi connectivity index (χ0n) is 14.2. The SMILES string of the molecule is COc1ccc(Br)c(/C(C#N)=C(/SC)c2cn(C)c3ccccc23)c1. The van der Waals surface area contributed by atoms with Crippen LogP contribution >= 0.6 is 27.7 Å². The second-order valence-corrected chi connectivity index (χ2v) is 7.21. The molecule has 25 heavy (non-hydrogen) atoms. The van der Waals surface area contributed by atoms with Crippen LogP contribution in [0.25, 0.3) is 21.4 Å². The fourth-order valence-electron chi connectivity index (χ4n) is 2.93. The molecule has 0 aliphatic heterocycles. The first-order valence-corrected chi connectivity index (χ1v) is 9.69. The summed E-state index contributed by atoms with van der Waals surface area (Å²) in [5, 5.41) is 11.1. The summed E-state index contributed by atoms with van der Waals surface area (Å²) < 4.78 is 8.30. The first-order chi connectivity index (χ1) is 12.1. The lowest BCUT2D eigenvalue weighted by molar-refractivity contribution is 0.414. The summed E-state index contributed by atoms with van der Waals surface area (Å²) in [5.41, 5.74) is 3.68. The molecule has 0 aliphatic rings. The van der Waals surface area contributed by atoms with Crippen molar-refractivity contribution < 1.29 is 4.74 Å². The largest absolute Gasteiger partial charge is 0.497 e. The molecule has 0 aliphatic carbocycles. The highest BCUT2D eigenvalue weighted by Gasteiger charge is 2.18. The van der Waals surface area contributed by atoms with Gasteiger partial charge in [0.2, 0.25) is 0 Å². The van der Waals surface area contributed by atoms with Crippen LogP contribution in [0.5, 0.6) is 5.75 Å². The first-order valence-electron chi connectivity index (χ1n) is 7.67. The number of nitrogens with zero attached hydrogens (tertiary/aromatic N) is 2. The number of ether oxygens (including phenoxy) is 1. The molecule has 3 nitrogen and oxygen atoms in total. The summed E-state index contributed by atoms with van der Waals surface area (Å²) in [6.07, 6.45) is 4.09. The Balaban J connectivity index is 2.32. The fourth-order valence-corrected chi connectivity index (χ4v) is 4.11. The molecular weight excluding hydrogens is 396 g/mol. The number of para-hydroxylation sites is 1. The van der Waals surface area contributed by atoms with Crippen molar-refractivity contribution in [1.29, 1.82) is 5.26 Å². The molecule has 1 aromatic heterocycles. The van der Waals surface area contributed by atoms with Crippen LogP contribution in [-0.4, -0.2) is 17.9 Å². The number of aromatic nitrogens is 1. The van der Waals surface area contributed by atoms with Crippen LogP contribution in [0.4, 0.5) is 0 Å². The van der Waals surface area contributed by atoms with Crippen LogP contribution in [-0.2, 0) is 7.05 Å². The monoisotopic (exact) mass is 412 g/mol. The highest BCUT2D eigenvalue weighted by molar-refractivity contribution is 9.10. The molecule has 0 unspecified atom stereocenters. The van der Waals surface area contributed by atoms with E-state index in [2.05, 4.69) is 44.9 Å². The lowest BCUT2D eigenvalue weighted by atomic mass is 10.0.